The van der Waals surface area contributed by atoms with E-state index in [0.29, 0.717) is 5.69 Å². The van der Waals surface area contributed by atoms with Crippen LogP contribution < -0.4 is 9.62 Å². The molecular formula is C22H21ClN2O3S. The second-order valence-corrected chi connectivity index (χ2v) is 8.93. The Balaban J connectivity index is 1.80. The molecule has 0 aliphatic heterocycles. The van der Waals surface area contributed by atoms with Gasteiger partial charge in [0.05, 0.1) is 27.2 Å². The molecule has 0 aliphatic carbocycles. The van der Waals surface area contributed by atoms with Crippen LogP contribution in [0.5, 0.6) is 0 Å². The summed E-state index contributed by atoms with van der Waals surface area (Å²) in [5, 5.41) is 3.08. The van der Waals surface area contributed by atoms with Gasteiger partial charge in [-0.05, 0) is 42.8 Å². The number of rotatable bonds is 6. The van der Waals surface area contributed by atoms with Crippen LogP contribution in [0.25, 0.3) is 0 Å². The minimum absolute atomic E-state index is 0.176. The molecule has 5 nitrogen and oxygen atoms in total. The zero-order valence-corrected chi connectivity index (χ0v) is 17.6. The number of nitrogens with zero attached hydrogens (tertiary/aromatic N) is 1. The summed E-state index contributed by atoms with van der Waals surface area (Å²) < 4.78 is 26.7. The number of benzene rings is 3. The molecule has 0 saturated carbocycles. The molecule has 1 N–H and O–H groups in total. The number of halogens is 1. The molecule has 0 radical (unpaired) electrons. The number of anilines is 1. The maximum atomic E-state index is 12.8. The lowest BCUT2D eigenvalue weighted by atomic mass is 10.1. The van der Waals surface area contributed by atoms with Crippen LogP contribution in [-0.2, 0) is 10.0 Å². The Morgan fingerprint density at radius 3 is 2.14 bits per heavy atom. The van der Waals surface area contributed by atoms with E-state index in [-0.39, 0.29) is 27.4 Å². The quantitative estimate of drug-likeness (QED) is 0.621. The highest BCUT2D eigenvalue weighted by Crippen LogP contribution is 2.27. The number of amides is 1. The Morgan fingerprint density at radius 1 is 0.966 bits per heavy atom. The number of sulfonamides is 1. The van der Waals surface area contributed by atoms with Crippen LogP contribution in [0.4, 0.5) is 5.69 Å². The largest absolute Gasteiger partial charge is 0.345 e. The summed E-state index contributed by atoms with van der Waals surface area (Å²) in [4.78, 5) is 12.8. The van der Waals surface area contributed by atoms with Gasteiger partial charge in [-0.3, -0.25) is 9.10 Å². The molecule has 29 heavy (non-hydrogen) atoms. The Bertz CT molecular complexity index is 1100. The van der Waals surface area contributed by atoms with Crippen molar-refractivity contribution in [1.29, 1.82) is 0 Å². The second-order valence-electron chi connectivity index (χ2n) is 6.56. The lowest BCUT2D eigenvalue weighted by molar-refractivity contribution is 0.0940. The first-order valence-electron chi connectivity index (χ1n) is 9.00. The SMILES string of the molecule is C[C@@H](NC(=O)c1ccc(N(C)S(=O)(=O)c2ccccc2)cc1Cl)c1ccccc1. The third-order valence-electron chi connectivity index (χ3n) is 4.61. The van der Waals surface area contributed by atoms with Gasteiger partial charge in [-0.25, -0.2) is 8.42 Å². The summed E-state index contributed by atoms with van der Waals surface area (Å²) >= 11 is 6.31. The van der Waals surface area contributed by atoms with Crippen molar-refractivity contribution in [2.45, 2.75) is 17.9 Å². The first kappa shape index (κ1) is 20.9. The molecule has 0 unspecified atom stereocenters. The average molecular weight is 429 g/mol. The van der Waals surface area contributed by atoms with Crippen molar-refractivity contribution >= 4 is 33.2 Å². The van der Waals surface area contributed by atoms with Crippen LogP contribution in [0.2, 0.25) is 5.02 Å². The molecule has 0 heterocycles. The van der Waals surface area contributed by atoms with Gasteiger partial charge in [-0.2, -0.15) is 0 Å². The monoisotopic (exact) mass is 428 g/mol. The van der Waals surface area contributed by atoms with Crippen molar-refractivity contribution in [3.8, 4) is 0 Å². The van der Waals surface area contributed by atoms with Gasteiger partial charge in [-0.1, -0.05) is 60.1 Å². The van der Waals surface area contributed by atoms with E-state index in [0.717, 1.165) is 9.87 Å². The molecule has 0 fully saturated rings. The molecule has 1 atom stereocenters. The molecule has 1 amide bonds. The number of hydrogen-bond acceptors (Lipinski definition) is 3. The summed E-state index contributed by atoms with van der Waals surface area (Å²) in [5.74, 6) is -0.327. The second kappa shape index (κ2) is 8.68. The number of hydrogen-bond donors (Lipinski definition) is 1. The molecular weight excluding hydrogens is 408 g/mol. The van der Waals surface area contributed by atoms with Crippen molar-refractivity contribution in [1.82, 2.24) is 5.32 Å². The van der Waals surface area contributed by atoms with Crippen LogP contribution in [0.1, 0.15) is 28.9 Å². The van der Waals surface area contributed by atoms with Crippen LogP contribution in [-0.4, -0.2) is 21.4 Å². The van der Waals surface area contributed by atoms with E-state index in [2.05, 4.69) is 5.32 Å². The van der Waals surface area contributed by atoms with E-state index in [4.69, 9.17) is 11.6 Å². The first-order valence-corrected chi connectivity index (χ1v) is 10.8. The smallest absolute Gasteiger partial charge is 0.264 e. The highest BCUT2D eigenvalue weighted by molar-refractivity contribution is 7.92. The third kappa shape index (κ3) is 4.60. The van der Waals surface area contributed by atoms with Gasteiger partial charge in [-0.15, -0.1) is 0 Å². The Morgan fingerprint density at radius 2 is 1.55 bits per heavy atom. The van der Waals surface area contributed by atoms with Crippen molar-refractivity contribution < 1.29 is 13.2 Å². The molecule has 0 saturated heterocycles. The topological polar surface area (TPSA) is 66.5 Å². The van der Waals surface area contributed by atoms with Crippen molar-refractivity contribution in [3.05, 3.63) is 95.0 Å². The Kier molecular flexibility index (Phi) is 6.25. The maximum absolute atomic E-state index is 12.8. The normalized spacial score (nSPS) is 12.2. The molecule has 0 spiro atoms. The fraction of sp³-hybridized carbons (Fsp3) is 0.136. The predicted molar refractivity (Wildman–Crippen MR) is 116 cm³/mol. The summed E-state index contributed by atoms with van der Waals surface area (Å²) in [6.45, 7) is 1.88. The third-order valence-corrected chi connectivity index (χ3v) is 6.72. The van der Waals surface area contributed by atoms with Crippen molar-refractivity contribution in [2.75, 3.05) is 11.4 Å². The molecule has 3 rings (SSSR count). The van der Waals surface area contributed by atoms with E-state index in [1.165, 1.54) is 31.3 Å². The summed E-state index contributed by atoms with van der Waals surface area (Å²) in [7, 11) is -2.27. The molecule has 0 aromatic heterocycles. The van der Waals surface area contributed by atoms with Gasteiger partial charge in [0.25, 0.3) is 15.9 Å². The molecule has 3 aromatic carbocycles. The molecule has 3 aromatic rings. The van der Waals surface area contributed by atoms with Crippen molar-refractivity contribution in [3.63, 3.8) is 0 Å². The molecule has 0 bridgehead atoms. The maximum Gasteiger partial charge on any atom is 0.264 e. The first-order chi connectivity index (χ1) is 13.8. The van der Waals surface area contributed by atoms with Crippen LogP contribution >= 0.6 is 11.6 Å². The fourth-order valence-corrected chi connectivity index (χ4v) is 4.34. The fourth-order valence-electron chi connectivity index (χ4n) is 2.87. The zero-order valence-electron chi connectivity index (χ0n) is 16.0. The van der Waals surface area contributed by atoms with Gasteiger partial charge in [0.2, 0.25) is 0 Å². The molecule has 7 heteroatoms. The lowest BCUT2D eigenvalue weighted by Crippen LogP contribution is -2.28. The minimum atomic E-state index is -3.72. The van der Waals surface area contributed by atoms with E-state index in [1.807, 2.05) is 37.3 Å². The number of carbonyl (C=O) groups excluding carboxylic acids is 1. The van der Waals surface area contributed by atoms with Crippen LogP contribution in [0, 0.1) is 0 Å². The summed E-state index contributed by atoms with van der Waals surface area (Å²) in [5.41, 5.74) is 1.62. The zero-order chi connectivity index (χ0) is 21.0. The Hall–Kier alpha value is -2.83. The van der Waals surface area contributed by atoms with Gasteiger partial charge in [0.15, 0.2) is 0 Å². The van der Waals surface area contributed by atoms with Crippen LogP contribution in [0.3, 0.4) is 0 Å². The average Bonchev–Trinajstić information content (AvgIpc) is 2.74. The number of nitrogens with one attached hydrogen (secondary N) is 1. The Labute approximate surface area is 176 Å². The molecule has 150 valence electrons. The predicted octanol–water partition coefficient (Wildman–Crippen LogP) is 4.66. The summed E-state index contributed by atoms with van der Waals surface area (Å²) in [6, 6.07) is 22.1. The van der Waals surface area contributed by atoms with Gasteiger partial charge < -0.3 is 5.32 Å². The van der Waals surface area contributed by atoms with Gasteiger partial charge in [0.1, 0.15) is 0 Å². The standard InChI is InChI=1S/C22H21ClN2O3S/c1-16(17-9-5-3-6-10-17)24-22(26)20-14-13-18(15-21(20)23)25(2)29(27,28)19-11-7-4-8-12-19/h3-16H,1-2H3,(H,24,26)/t16-/m1/s1. The number of carbonyl (C=O) groups is 1. The van der Waals surface area contributed by atoms with E-state index < -0.39 is 10.0 Å². The van der Waals surface area contributed by atoms with Gasteiger partial charge >= 0.3 is 0 Å². The summed E-state index contributed by atoms with van der Waals surface area (Å²) in [6.07, 6.45) is 0. The lowest BCUT2D eigenvalue weighted by Gasteiger charge is -2.20. The van der Waals surface area contributed by atoms with Gasteiger partial charge in [0, 0.05) is 7.05 Å². The minimum Gasteiger partial charge on any atom is -0.345 e. The highest BCUT2D eigenvalue weighted by atomic mass is 35.5. The van der Waals surface area contributed by atoms with Crippen molar-refractivity contribution in [2.24, 2.45) is 0 Å². The van der Waals surface area contributed by atoms with Crippen LogP contribution in [0.15, 0.2) is 83.8 Å². The van der Waals surface area contributed by atoms with E-state index in [9.17, 15) is 13.2 Å². The van der Waals surface area contributed by atoms with E-state index in [1.54, 1.807) is 24.3 Å². The molecule has 0 aliphatic rings. The highest BCUT2D eigenvalue weighted by Gasteiger charge is 2.22. The van der Waals surface area contributed by atoms with E-state index >= 15 is 0 Å².